The summed E-state index contributed by atoms with van der Waals surface area (Å²) in [6.07, 6.45) is 2.23. The Labute approximate surface area is 88.9 Å². The van der Waals surface area contributed by atoms with Crippen molar-refractivity contribution in [3.05, 3.63) is 0 Å². The minimum atomic E-state index is -0.840. The van der Waals surface area contributed by atoms with Gasteiger partial charge in [0.05, 0.1) is 0 Å². The lowest BCUT2D eigenvalue weighted by molar-refractivity contribution is -0.138. The molecule has 0 saturated carbocycles. The lowest BCUT2D eigenvalue weighted by Gasteiger charge is -2.06. The van der Waals surface area contributed by atoms with Crippen molar-refractivity contribution in [2.45, 2.75) is 44.9 Å². The highest BCUT2D eigenvalue weighted by Gasteiger charge is 2.21. The van der Waals surface area contributed by atoms with Gasteiger partial charge in [0, 0.05) is 6.42 Å². The topological polar surface area (TPSA) is 37.3 Å². The van der Waals surface area contributed by atoms with Gasteiger partial charge >= 0.3 is 5.97 Å². The average molecular weight is 249 g/mol. The standard InChI is InChI=1S/C6H10.C4H7BrO2/c1-3-5-6-4-2;1-4(2,5)3(6)7/h3,5H2,1-2H3;1-2H3,(H,6,7). The van der Waals surface area contributed by atoms with E-state index in [-0.39, 0.29) is 0 Å². The third kappa shape index (κ3) is 14.4. The van der Waals surface area contributed by atoms with Gasteiger partial charge in [-0.15, -0.1) is 11.8 Å². The molecule has 0 bridgehead atoms. The fraction of sp³-hybridized carbons (Fsp3) is 0.700. The van der Waals surface area contributed by atoms with E-state index in [2.05, 4.69) is 34.7 Å². The molecule has 0 atom stereocenters. The molecule has 0 spiro atoms. The summed E-state index contributed by atoms with van der Waals surface area (Å²) in [6.45, 7) is 7.16. The second-order valence-electron chi connectivity index (χ2n) is 2.95. The summed E-state index contributed by atoms with van der Waals surface area (Å²) in [5, 5.41) is 8.20. The maximum Gasteiger partial charge on any atom is 0.319 e. The van der Waals surface area contributed by atoms with E-state index in [1.165, 1.54) is 6.42 Å². The van der Waals surface area contributed by atoms with Gasteiger partial charge in [0.1, 0.15) is 4.32 Å². The molecular formula is C10H17BrO2. The van der Waals surface area contributed by atoms with Crippen LogP contribution in [-0.4, -0.2) is 15.4 Å². The first-order valence-electron chi connectivity index (χ1n) is 4.18. The molecule has 0 amide bonds. The van der Waals surface area contributed by atoms with Crippen LogP contribution in [0, 0.1) is 11.8 Å². The molecule has 2 nitrogen and oxygen atoms in total. The molecule has 0 unspecified atom stereocenters. The molecule has 1 N–H and O–H groups in total. The van der Waals surface area contributed by atoms with Crippen molar-refractivity contribution in [1.29, 1.82) is 0 Å². The van der Waals surface area contributed by atoms with Gasteiger partial charge in [-0.25, -0.2) is 0 Å². The van der Waals surface area contributed by atoms with Gasteiger partial charge in [-0.2, -0.15) is 0 Å². The summed E-state index contributed by atoms with van der Waals surface area (Å²) in [5.41, 5.74) is 0. The molecule has 0 saturated heterocycles. The highest BCUT2D eigenvalue weighted by molar-refractivity contribution is 9.10. The fourth-order valence-electron chi connectivity index (χ4n) is 0.250. The van der Waals surface area contributed by atoms with Crippen molar-refractivity contribution >= 4 is 21.9 Å². The second kappa shape index (κ2) is 8.12. The van der Waals surface area contributed by atoms with Crippen molar-refractivity contribution < 1.29 is 9.90 Å². The molecule has 0 fully saturated rings. The Hall–Kier alpha value is -0.490. The quantitative estimate of drug-likeness (QED) is 0.603. The maximum absolute atomic E-state index is 9.97. The lowest BCUT2D eigenvalue weighted by atomic mass is 10.2. The predicted molar refractivity (Wildman–Crippen MR) is 59.0 cm³/mol. The Morgan fingerprint density at radius 2 is 1.92 bits per heavy atom. The minimum absolute atomic E-state index is 0.771. The molecule has 0 aromatic heterocycles. The molecule has 0 aliphatic carbocycles. The monoisotopic (exact) mass is 248 g/mol. The van der Waals surface area contributed by atoms with E-state index in [0.29, 0.717) is 0 Å². The number of rotatable bonds is 2. The Morgan fingerprint density at radius 3 is 2.00 bits per heavy atom. The normalized spacial score (nSPS) is 9.00. The van der Waals surface area contributed by atoms with Crippen LogP contribution in [0.2, 0.25) is 0 Å². The Morgan fingerprint density at radius 1 is 1.54 bits per heavy atom. The van der Waals surface area contributed by atoms with Crippen molar-refractivity contribution in [3.8, 4) is 11.8 Å². The average Bonchev–Trinajstić information content (AvgIpc) is 2.00. The Balaban J connectivity index is 0. The van der Waals surface area contributed by atoms with Crippen LogP contribution in [0.25, 0.3) is 0 Å². The van der Waals surface area contributed by atoms with Crippen LogP contribution in [0.5, 0.6) is 0 Å². The SMILES string of the molecule is CC#CCCC.CC(C)(Br)C(=O)O. The van der Waals surface area contributed by atoms with Crippen LogP contribution in [-0.2, 0) is 4.79 Å². The van der Waals surface area contributed by atoms with Crippen LogP contribution in [0.3, 0.4) is 0 Å². The molecule has 3 heteroatoms. The number of alkyl halides is 1. The van der Waals surface area contributed by atoms with E-state index in [1.807, 2.05) is 6.92 Å². The van der Waals surface area contributed by atoms with Crippen LogP contribution < -0.4 is 0 Å². The number of aliphatic carboxylic acids is 1. The van der Waals surface area contributed by atoms with E-state index in [9.17, 15) is 4.79 Å². The van der Waals surface area contributed by atoms with Crippen LogP contribution in [0.15, 0.2) is 0 Å². The van der Waals surface area contributed by atoms with E-state index in [1.54, 1.807) is 13.8 Å². The van der Waals surface area contributed by atoms with E-state index < -0.39 is 10.3 Å². The molecule has 0 aromatic carbocycles. The minimum Gasteiger partial charge on any atom is -0.480 e. The highest BCUT2D eigenvalue weighted by Crippen LogP contribution is 2.14. The molecular weight excluding hydrogens is 232 g/mol. The van der Waals surface area contributed by atoms with Crippen molar-refractivity contribution in [1.82, 2.24) is 0 Å². The van der Waals surface area contributed by atoms with Gasteiger partial charge in [-0.05, 0) is 27.2 Å². The number of carboxylic acid groups (broad SMARTS) is 1. The largest absolute Gasteiger partial charge is 0.480 e. The first kappa shape index (κ1) is 15.0. The highest BCUT2D eigenvalue weighted by atomic mass is 79.9. The third-order valence-electron chi connectivity index (χ3n) is 1.06. The van der Waals surface area contributed by atoms with Crippen LogP contribution in [0.4, 0.5) is 0 Å². The number of carbonyl (C=O) groups is 1. The summed E-state index contributed by atoms with van der Waals surface area (Å²) in [4.78, 5) is 9.97. The van der Waals surface area contributed by atoms with E-state index in [0.717, 1.165) is 6.42 Å². The third-order valence-corrected chi connectivity index (χ3v) is 1.40. The summed E-state index contributed by atoms with van der Waals surface area (Å²) >= 11 is 2.94. The first-order valence-corrected chi connectivity index (χ1v) is 4.97. The predicted octanol–water partition coefficient (Wildman–Crippen LogP) is 3.05. The van der Waals surface area contributed by atoms with Crippen LogP contribution >= 0.6 is 15.9 Å². The smallest absolute Gasteiger partial charge is 0.319 e. The number of halogens is 1. The number of unbranched alkanes of at least 4 members (excludes halogenated alkanes) is 1. The molecule has 0 radical (unpaired) electrons. The number of hydrogen-bond acceptors (Lipinski definition) is 1. The summed E-state index contributed by atoms with van der Waals surface area (Å²) in [7, 11) is 0. The van der Waals surface area contributed by atoms with Gasteiger partial charge in [0.2, 0.25) is 0 Å². The van der Waals surface area contributed by atoms with Gasteiger partial charge in [-0.1, -0.05) is 22.9 Å². The van der Waals surface area contributed by atoms with Crippen molar-refractivity contribution in [2.75, 3.05) is 0 Å². The Kier molecular flexibility index (Phi) is 9.38. The molecule has 0 aromatic rings. The van der Waals surface area contributed by atoms with Crippen molar-refractivity contribution in [2.24, 2.45) is 0 Å². The summed E-state index contributed by atoms with van der Waals surface area (Å²) in [5.74, 6) is 4.93. The zero-order valence-corrected chi connectivity index (χ0v) is 10.2. The lowest BCUT2D eigenvalue weighted by Crippen LogP contribution is -2.22. The molecule has 0 heterocycles. The molecule has 0 aliphatic heterocycles. The summed E-state index contributed by atoms with van der Waals surface area (Å²) < 4.78 is -0.771. The van der Waals surface area contributed by atoms with Crippen LogP contribution in [0.1, 0.15) is 40.5 Å². The maximum atomic E-state index is 9.97. The van der Waals surface area contributed by atoms with Gasteiger partial charge in [-0.3, -0.25) is 4.79 Å². The zero-order chi connectivity index (χ0) is 10.9. The summed E-state index contributed by atoms with van der Waals surface area (Å²) in [6, 6.07) is 0. The molecule has 13 heavy (non-hydrogen) atoms. The van der Waals surface area contributed by atoms with Gasteiger partial charge < -0.3 is 5.11 Å². The fourth-order valence-corrected chi connectivity index (χ4v) is 0.250. The molecule has 0 rings (SSSR count). The van der Waals surface area contributed by atoms with E-state index >= 15 is 0 Å². The zero-order valence-electron chi connectivity index (χ0n) is 8.65. The van der Waals surface area contributed by atoms with Crippen molar-refractivity contribution in [3.63, 3.8) is 0 Å². The van der Waals surface area contributed by atoms with Gasteiger partial charge in [0.25, 0.3) is 0 Å². The first-order chi connectivity index (χ1) is 5.86. The van der Waals surface area contributed by atoms with E-state index in [4.69, 9.17) is 5.11 Å². The van der Waals surface area contributed by atoms with Gasteiger partial charge in [0.15, 0.2) is 0 Å². The molecule has 76 valence electrons. The Bertz CT molecular complexity index is 193. The molecule has 0 aliphatic rings. The second-order valence-corrected chi connectivity index (χ2v) is 4.94. The number of carboxylic acids is 1. The number of hydrogen-bond donors (Lipinski definition) is 1.